The number of hydrogen-bond donors (Lipinski definition) is 3. The van der Waals surface area contributed by atoms with E-state index in [1.54, 1.807) is 14.2 Å². The first kappa shape index (κ1) is 41.2. The topological polar surface area (TPSA) is 79.2 Å². The first-order valence-electron chi connectivity index (χ1n) is 17.2. The van der Waals surface area contributed by atoms with E-state index >= 15 is 0 Å². The summed E-state index contributed by atoms with van der Waals surface area (Å²) in [6, 6.07) is 26.1. The number of hydrogen-bond acceptors (Lipinski definition) is 5. The van der Waals surface area contributed by atoms with Gasteiger partial charge in [-0.05, 0) is 83.0 Å². The number of phenolic OH excluding ortho intramolecular Hbond substituents is 3. The minimum Gasteiger partial charge on any atom is -0.507 e. The molecule has 0 radical (unpaired) electrons. The van der Waals surface area contributed by atoms with Gasteiger partial charge < -0.3 is 24.8 Å². The van der Waals surface area contributed by atoms with Crippen LogP contribution in [-0.4, -0.2) is 29.5 Å². The van der Waals surface area contributed by atoms with Gasteiger partial charge in [-0.3, -0.25) is 0 Å². The summed E-state index contributed by atoms with van der Waals surface area (Å²) < 4.78 is 9.99. The third kappa shape index (κ3) is 14.7. The summed E-state index contributed by atoms with van der Waals surface area (Å²) in [4.78, 5) is 0. The lowest BCUT2D eigenvalue weighted by Gasteiger charge is -2.07. The van der Waals surface area contributed by atoms with Crippen molar-refractivity contribution in [2.75, 3.05) is 14.2 Å². The van der Waals surface area contributed by atoms with E-state index in [4.69, 9.17) is 9.47 Å². The molecule has 0 saturated carbocycles. The van der Waals surface area contributed by atoms with Crippen LogP contribution in [0.5, 0.6) is 17.2 Å². The van der Waals surface area contributed by atoms with Crippen LogP contribution >= 0.6 is 0 Å². The van der Waals surface area contributed by atoms with E-state index in [1.807, 2.05) is 54.6 Å². The first-order valence-corrected chi connectivity index (χ1v) is 17.2. The highest BCUT2D eigenvalue weighted by Crippen LogP contribution is 2.25. The van der Waals surface area contributed by atoms with Gasteiger partial charge in [0, 0.05) is 14.2 Å². The van der Waals surface area contributed by atoms with Crippen molar-refractivity contribution in [2.45, 2.75) is 106 Å². The first-order chi connectivity index (χ1) is 22.7. The van der Waals surface area contributed by atoms with Crippen LogP contribution < -0.4 is 0 Å². The van der Waals surface area contributed by atoms with Gasteiger partial charge in [-0.15, -0.1) is 0 Å². The van der Waals surface area contributed by atoms with Gasteiger partial charge in [0.2, 0.25) is 0 Å². The smallest absolute Gasteiger partial charge is 0.121 e. The average Bonchev–Trinajstić information content (AvgIpc) is 3.09. The second kappa shape index (κ2) is 24.4. The fourth-order valence-corrected chi connectivity index (χ4v) is 5.08. The fraction of sp³-hybridized carbons (Fsp3) is 0.429. The molecule has 0 aliphatic carbocycles. The largest absolute Gasteiger partial charge is 0.507 e. The molecule has 0 aliphatic heterocycles. The number of aromatic hydroxyl groups is 3. The zero-order valence-corrected chi connectivity index (χ0v) is 30.2. The van der Waals surface area contributed by atoms with Gasteiger partial charge >= 0.3 is 0 Å². The molecule has 3 N–H and O–H groups in total. The Morgan fingerprint density at radius 1 is 0.404 bits per heavy atom. The molecule has 47 heavy (non-hydrogen) atoms. The number of phenols is 3. The van der Waals surface area contributed by atoms with Crippen LogP contribution in [0, 0.1) is 0 Å². The molecule has 0 amide bonds. The van der Waals surface area contributed by atoms with Crippen molar-refractivity contribution in [3.63, 3.8) is 0 Å². The van der Waals surface area contributed by atoms with Gasteiger partial charge in [0.1, 0.15) is 17.2 Å². The van der Waals surface area contributed by atoms with Crippen LogP contribution in [0.3, 0.4) is 0 Å². The second-order valence-electron chi connectivity index (χ2n) is 11.4. The number of ether oxygens (including phenoxy) is 2. The molecule has 0 fully saturated rings. The number of methoxy groups -OCH3 is 2. The average molecular weight is 645 g/mol. The van der Waals surface area contributed by atoms with Crippen molar-refractivity contribution in [1.82, 2.24) is 0 Å². The highest BCUT2D eigenvalue weighted by molar-refractivity contribution is 5.41. The Morgan fingerprint density at radius 2 is 0.660 bits per heavy atom. The maximum absolute atomic E-state index is 9.85. The molecule has 0 bridgehead atoms. The maximum atomic E-state index is 9.85. The molecular formula is C42H60O5. The van der Waals surface area contributed by atoms with Crippen molar-refractivity contribution in [2.24, 2.45) is 0 Å². The van der Waals surface area contributed by atoms with Gasteiger partial charge in [0.15, 0.2) is 0 Å². The second-order valence-corrected chi connectivity index (χ2v) is 11.4. The quantitative estimate of drug-likeness (QED) is 0.143. The molecule has 0 aliphatic rings. The number of aryl methyl sites for hydroxylation is 6. The van der Waals surface area contributed by atoms with Crippen LogP contribution in [0.25, 0.3) is 0 Å². The Labute approximate surface area is 285 Å². The zero-order valence-electron chi connectivity index (χ0n) is 30.2. The van der Waals surface area contributed by atoms with Gasteiger partial charge in [-0.25, -0.2) is 0 Å². The van der Waals surface area contributed by atoms with E-state index in [9.17, 15) is 15.3 Å². The van der Waals surface area contributed by atoms with Crippen LogP contribution in [0.2, 0.25) is 0 Å². The lowest BCUT2D eigenvalue weighted by molar-refractivity contribution is 0.182. The summed E-state index contributed by atoms with van der Waals surface area (Å²) in [5, 5.41) is 29.0. The van der Waals surface area contributed by atoms with Crippen LogP contribution in [-0.2, 0) is 61.2 Å². The lowest BCUT2D eigenvalue weighted by atomic mass is 10.0. The van der Waals surface area contributed by atoms with E-state index in [0.717, 1.165) is 84.7 Å². The molecule has 0 aromatic heterocycles. The zero-order chi connectivity index (χ0) is 35.0. The number of para-hydroxylation sites is 3. The van der Waals surface area contributed by atoms with E-state index in [0.29, 0.717) is 30.5 Å². The van der Waals surface area contributed by atoms with E-state index < -0.39 is 0 Å². The molecule has 4 aromatic rings. The molecule has 0 spiro atoms. The molecule has 4 aromatic carbocycles. The van der Waals surface area contributed by atoms with E-state index in [-0.39, 0.29) is 0 Å². The minimum absolute atomic E-state index is 0.484. The molecule has 0 unspecified atom stereocenters. The highest BCUT2D eigenvalue weighted by atomic mass is 16.5. The normalized spacial score (nSPS) is 10.1. The molecule has 0 heterocycles. The Hall–Kier alpha value is -3.80. The van der Waals surface area contributed by atoms with Gasteiger partial charge in [-0.2, -0.15) is 0 Å². The Kier molecular flexibility index (Phi) is 21.4. The predicted molar refractivity (Wildman–Crippen MR) is 198 cm³/mol. The molecule has 5 nitrogen and oxygen atoms in total. The minimum atomic E-state index is 0.484. The molecule has 5 heteroatoms. The van der Waals surface area contributed by atoms with Gasteiger partial charge in [0.05, 0.1) is 13.2 Å². The molecule has 258 valence electrons. The van der Waals surface area contributed by atoms with Crippen molar-refractivity contribution in [1.29, 1.82) is 0 Å². The van der Waals surface area contributed by atoms with Gasteiger partial charge in [0.25, 0.3) is 0 Å². The van der Waals surface area contributed by atoms with Crippen LogP contribution in [0.4, 0.5) is 0 Å². The summed E-state index contributed by atoms with van der Waals surface area (Å²) in [5.74, 6) is 1.49. The Balaban J connectivity index is 0.000000314. The fourth-order valence-electron chi connectivity index (χ4n) is 5.08. The standard InChI is InChI=1S/C12H18O.C10H14O2.2C10H14O/c1-3-6-10-8-5-9-11(7-4-2)12(10)13;1-11-7-9-3-5-10(6-4-9)8-12-2;2*1-3-8-6-5-7-9(4-2)10(8)11/h5,8-9,13H,3-4,6-7H2,1-2H3;3-6H,7-8H2,1-2H3;2*5-7,11H,3-4H2,1-2H3. The van der Waals surface area contributed by atoms with Gasteiger partial charge in [-0.1, -0.05) is 133 Å². The monoisotopic (exact) mass is 644 g/mol. The molecule has 0 atom stereocenters. The third-order valence-corrected chi connectivity index (χ3v) is 7.82. The lowest BCUT2D eigenvalue weighted by Crippen LogP contribution is -1.90. The Bertz CT molecular complexity index is 1250. The van der Waals surface area contributed by atoms with E-state index in [1.165, 1.54) is 11.1 Å². The molecule has 0 saturated heterocycles. The van der Waals surface area contributed by atoms with Crippen molar-refractivity contribution in [3.8, 4) is 17.2 Å². The van der Waals surface area contributed by atoms with Crippen molar-refractivity contribution < 1.29 is 24.8 Å². The van der Waals surface area contributed by atoms with Crippen molar-refractivity contribution >= 4 is 0 Å². The maximum Gasteiger partial charge on any atom is 0.121 e. The molecule has 4 rings (SSSR count). The summed E-state index contributed by atoms with van der Waals surface area (Å²) in [5.41, 5.74) is 8.75. The molecular weight excluding hydrogens is 584 g/mol. The SMILES string of the molecule is CCCc1cccc(CCC)c1O.CCc1cccc(CC)c1O.CCc1cccc(CC)c1O.COCc1ccc(COC)cc1. The van der Waals surface area contributed by atoms with Crippen LogP contribution in [0.1, 0.15) is 98.9 Å². The number of rotatable bonds is 12. The van der Waals surface area contributed by atoms with Crippen molar-refractivity contribution in [3.05, 3.63) is 123 Å². The number of benzene rings is 4. The third-order valence-electron chi connectivity index (χ3n) is 7.82. The highest BCUT2D eigenvalue weighted by Gasteiger charge is 2.05. The summed E-state index contributed by atoms with van der Waals surface area (Å²) in [6.07, 6.45) is 7.73. The summed E-state index contributed by atoms with van der Waals surface area (Å²) in [6.45, 7) is 13.8. The predicted octanol–water partition coefficient (Wildman–Crippen LogP) is 10.3. The summed E-state index contributed by atoms with van der Waals surface area (Å²) in [7, 11) is 3.39. The van der Waals surface area contributed by atoms with E-state index in [2.05, 4.69) is 65.8 Å². The Morgan fingerprint density at radius 3 is 0.894 bits per heavy atom. The summed E-state index contributed by atoms with van der Waals surface area (Å²) >= 11 is 0. The van der Waals surface area contributed by atoms with Crippen LogP contribution in [0.15, 0.2) is 78.9 Å².